The highest BCUT2D eigenvalue weighted by atomic mass is 16.5. The molecule has 0 aromatic carbocycles. The van der Waals surface area contributed by atoms with Gasteiger partial charge in [0.25, 0.3) is 5.88 Å². The van der Waals surface area contributed by atoms with Crippen LogP contribution in [0.2, 0.25) is 0 Å². The van der Waals surface area contributed by atoms with Gasteiger partial charge in [0.1, 0.15) is 0 Å². The van der Waals surface area contributed by atoms with E-state index in [1.807, 2.05) is 7.05 Å². The van der Waals surface area contributed by atoms with E-state index < -0.39 is 0 Å². The lowest BCUT2D eigenvalue weighted by Gasteiger charge is -2.25. The van der Waals surface area contributed by atoms with Crippen molar-refractivity contribution in [1.29, 1.82) is 0 Å². The fourth-order valence-corrected chi connectivity index (χ4v) is 2.63. The zero-order valence-corrected chi connectivity index (χ0v) is 14.0. The van der Waals surface area contributed by atoms with Crippen LogP contribution in [0.25, 0.3) is 0 Å². The van der Waals surface area contributed by atoms with Crippen molar-refractivity contribution in [2.24, 2.45) is 0 Å². The molecule has 0 aliphatic carbocycles. The zero-order valence-electron chi connectivity index (χ0n) is 14.0. The minimum Gasteiger partial charge on any atom is -0.478 e. The molecule has 0 unspecified atom stereocenters. The number of amides is 2. The zero-order chi connectivity index (χ0) is 16.7. The van der Waals surface area contributed by atoms with E-state index in [4.69, 9.17) is 9.47 Å². The van der Waals surface area contributed by atoms with Crippen LogP contribution in [0.4, 0.5) is 10.6 Å². The van der Waals surface area contributed by atoms with Gasteiger partial charge in [-0.15, -0.1) is 0 Å². The molecular formula is C15H25N5O3. The van der Waals surface area contributed by atoms with Crippen molar-refractivity contribution in [2.75, 3.05) is 52.4 Å². The molecule has 1 fully saturated rings. The molecule has 8 nitrogen and oxygen atoms in total. The summed E-state index contributed by atoms with van der Waals surface area (Å²) in [6.45, 7) is 2.80. The minimum absolute atomic E-state index is 0.0564. The van der Waals surface area contributed by atoms with Crippen LogP contribution >= 0.6 is 0 Å². The summed E-state index contributed by atoms with van der Waals surface area (Å²) in [4.78, 5) is 24.5. The SMILES string of the molecule is COCCCNC(=O)N(C)[C@@H]1CCN(c2nccnc2OC)C1. The number of carbonyl (C=O) groups is 1. The third-order valence-corrected chi connectivity index (χ3v) is 3.97. The van der Waals surface area contributed by atoms with Gasteiger partial charge in [-0.2, -0.15) is 0 Å². The first-order valence-electron chi connectivity index (χ1n) is 7.77. The van der Waals surface area contributed by atoms with E-state index in [2.05, 4.69) is 20.2 Å². The Hall–Kier alpha value is -2.09. The molecule has 23 heavy (non-hydrogen) atoms. The molecule has 2 heterocycles. The van der Waals surface area contributed by atoms with Crippen molar-refractivity contribution < 1.29 is 14.3 Å². The van der Waals surface area contributed by atoms with E-state index >= 15 is 0 Å². The predicted octanol–water partition coefficient (Wildman–Crippen LogP) is 0.742. The number of nitrogens with one attached hydrogen (secondary N) is 1. The highest BCUT2D eigenvalue weighted by Gasteiger charge is 2.30. The number of likely N-dealkylation sites (N-methyl/N-ethyl adjacent to an activating group) is 1. The lowest BCUT2D eigenvalue weighted by Crippen LogP contribution is -2.45. The fraction of sp³-hybridized carbons (Fsp3) is 0.667. The number of nitrogens with zero attached hydrogens (tertiary/aromatic N) is 4. The lowest BCUT2D eigenvalue weighted by molar-refractivity contribution is 0.183. The van der Waals surface area contributed by atoms with Crippen LogP contribution in [0.1, 0.15) is 12.8 Å². The van der Waals surface area contributed by atoms with Crippen LogP contribution in [0.3, 0.4) is 0 Å². The number of aromatic nitrogens is 2. The van der Waals surface area contributed by atoms with Gasteiger partial charge in [0.05, 0.1) is 13.2 Å². The summed E-state index contributed by atoms with van der Waals surface area (Å²) in [5, 5.41) is 2.91. The molecule has 0 radical (unpaired) electrons. The summed E-state index contributed by atoms with van der Waals surface area (Å²) < 4.78 is 10.2. The Morgan fingerprint density at radius 3 is 2.96 bits per heavy atom. The summed E-state index contributed by atoms with van der Waals surface area (Å²) in [6, 6.07) is 0.0863. The largest absolute Gasteiger partial charge is 0.478 e. The van der Waals surface area contributed by atoms with Crippen molar-refractivity contribution in [3.8, 4) is 5.88 Å². The van der Waals surface area contributed by atoms with Gasteiger partial charge < -0.3 is 24.6 Å². The average molecular weight is 323 g/mol. The maximum Gasteiger partial charge on any atom is 0.317 e. The smallest absolute Gasteiger partial charge is 0.317 e. The Morgan fingerprint density at radius 2 is 2.22 bits per heavy atom. The Labute approximate surface area is 136 Å². The van der Waals surface area contributed by atoms with Gasteiger partial charge in [-0.25, -0.2) is 14.8 Å². The van der Waals surface area contributed by atoms with Crippen molar-refractivity contribution in [3.05, 3.63) is 12.4 Å². The van der Waals surface area contributed by atoms with E-state index in [1.165, 1.54) is 0 Å². The molecular weight excluding hydrogens is 298 g/mol. The molecule has 8 heteroatoms. The number of anilines is 1. The van der Waals surface area contributed by atoms with Crippen LogP contribution in [0.15, 0.2) is 12.4 Å². The summed E-state index contributed by atoms with van der Waals surface area (Å²) in [6.07, 6.45) is 4.96. The van der Waals surface area contributed by atoms with E-state index in [-0.39, 0.29) is 12.1 Å². The highest BCUT2D eigenvalue weighted by molar-refractivity contribution is 5.74. The van der Waals surface area contributed by atoms with Gasteiger partial charge in [0, 0.05) is 52.8 Å². The number of ether oxygens (including phenoxy) is 2. The number of rotatable bonds is 7. The molecule has 1 aromatic heterocycles. The molecule has 0 spiro atoms. The second kappa shape index (κ2) is 8.52. The average Bonchev–Trinajstić information content (AvgIpc) is 3.07. The number of hydrogen-bond acceptors (Lipinski definition) is 6. The molecule has 0 saturated carbocycles. The third-order valence-electron chi connectivity index (χ3n) is 3.97. The molecule has 1 aromatic rings. The van der Waals surface area contributed by atoms with E-state index in [0.717, 1.165) is 31.7 Å². The van der Waals surface area contributed by atoms with E-state index in [9.17, 15) is 4.79 Å². The minimum atomic E-state index is -0.0564. The quantitative estimate of drug-likeness (QED) is 0.746. The topological polar surface area (TPSA) is 79.8 Å². The van der Waals surface area contributed by atoms with Crippen LogP contribution < -0.4 is 15.0 Å². The molecule has 1 aliphatic heterocycles. The van der Waals surface area contributed by atoms with E-state index in [0.29, 0.717) is 19.0 Å². The van der Waals surface area contributed by atoms with Crippen LogP contribution in [-0.2, 0) is 4.74 Å². The predicted molar refractivity (Wildman–Crippen MR) is 86.9 cm³/mol. The van der Waals surface area contributed by atoms with Crippen LogP contribution in [0, 0.1) is 0 Å². The lowest BCUT2D eigenvalue weighted by atomic mass is 10.2. The fourth-order valence-electron chi connectivity index (χ4n) is 2.63. The van der Waals surface area contributed by atoms with Crippen LogP contribution in [0.5, 0.6) is 5.88 Å². The summed E-state index contributed by atoms with van der Waals surface area (Å²) in [7, 11) is 5.07. The van der Waals surface area contributed by atoms with Gasteiger partial charge in [-0.05, 0) is 12.8 Å². The van der Waals surface area contributed by atoms with Gasteiger partial charge in [-0.1, -0.05) is 0 Å². The van der Waals surface area contributed by atoms with Crippen molar-refractivity contribution >= 4 is 11.8 Å². The molecule has 1 aliphatic rings. The Balaban J connectivity index is 1.87. The van der Waals surface area contributed by atoms with Gasteiger partial charge >= 0.3 is 6.03 Å². The Bertz CT molecular complexity index is 514. The van der Waals surface area contributed by atoms with Crippen LogP contribution in [-0.4, -0.2) is 74.4 Å². The number of methoxy groups -OCH3 is 2. The van der Waals surface area contributed by atoms with Crippen molar-refractivity contribution in [3.63, 3.8) is 0 Å². The van der Waals surface area contributed by atoms with Gasteiger partial charge in [-0.3, -0.25) is 0 Å². The molecule has 2 amide bonds. The Kier molecular flexibility index (Phi) is 6.40. The maximum absolute atomic E-state index is 12.2. The first kappa shape index (κ1) is 17.3. The molecule has 1 saturated heterocycles. The monoisotopic (exact) mass is 323 g/mol. The van der Waals surface area contributed by atoms with Gasteiger partial charge in [0.2, 0.25) is 0 Å². The normalized spacial score (nSPS) is 17.2. The van der Waals surface area contributed by atoms with Crippen molar-refractivity contribution in [1.82, 2.24) is 20.2 Å². The number of urea groups is 1. The summed E-state index contributed by atoms with van der Waals surface area (Å²) >= 11 is 0. The highest BCUT2D eigenvalue weighted by Crippen LogP contribution is 2.27. The molecule has 0 bridgehead atoms. The third kappa shape index (κ3) is 4.44. The number of carbonyl (C=O) groups excluding carboxylic acids is 1. The second-order valence-corrected chi connectivity index (χ2v) is 5.47. The van der Waals surface area contributed by atoms with Crippen molar-refractivity contribution in [2.45, 2.75) is 18.9 Å². The summed E-state index contributed by atoms with van der Waals surface area (Å²) in [5.74, 6) is 1.24. The Morgan fingerprint density at radius 1 is 1.43 bits per heavy atom. The molecule has 1 atom stereocenters. The molecule has 128 valence electrons. The van der Waals surface area contributed by atoms with Gasteiger partial charge in [0.15, 0.2) is 5.82 Å². The molecule has 1 N–H and O–H groups in total. The standard InChI is InChI=1S/C15H25N5O3/c1-19(15(21)18-6-4-10-22-2)12-5-9-20(11-12)13-14(23-3)17-8-7-16-13/h7-8,12H,4-6,9-11H2,1-3H3,(H,18,21)/t12-/m1/s1. The molecule has 2 rings (SSSR count). The maximum atomic E-state index is 12.2. The van der Waals surface area contributed by atoms with E-state index in [1.54, 1.807) is 31.5 Å². The number of hydrogen-bond donors (Lipinski definition) is 1. The summed E-state index contributed by atoms with van der Waals surface area (Å²) in [5.41, 5.74) is 0. The first-order valence-corrected chi connectivity index (χ1v) is 7.77. The second-order valence-electron chi connectivity index (χ2n) is 5.47. The first-order chi connectivity index (χ1) is 11.2.